The summed E-state index contributed by atoms with van der Waals surface area (Å²) in [7, 11) is 0. The van der Waals surface area contributed by atoms with Crippen molar-refractivity contribution in [1.82, 2.24) is 0 Å². The summed E-state index contributed by atoms with van der Waals surface area (Å²) in [6, 6.07) is 10.0. The molecule has 70 valence electrons. The molecule has 0 saturated carbocycles. The Kier molecular flexibility index (Phi) is 119. The van der Waals surface area contributed by atoms with Gasteiger partial charge in [-0.2, -0.15) is 18.2 Å². The fourth-order valence-electron chi connectivity index (χ4n) is 0.321. The molecule has 0 spiro atoms. The second kappa shape index (κ2) is 31.3. The van der Waals surface area contributed by atoms with Crippen molar-refractivity contribution in [3.05, 3.63) is 60.0 Å². The van der Waals surface area contributed by atoms with Crippen LogP contribution in [0.4, 0.5) is 0 Å². The first-order valence-electron chi connectivity index (χ1n) is 1.67. The topological polar surface area (TPSA) is 0 Å². The van der Waals surface area contributed by atoms with Crippen LogP contribution < -0.4 is 0 Å². The van der Waals surface area contributed by atoms with E-state index in [1.807, 2.05) is 30.3 Å². The van der Waals surface area contributed by atoms with Crippen molar-refractivity contribution in [2.45, 2.75) is 0 Å². The molecule has 0 unspecified atom stereocenters. The normalized spacial score (nSPS) is 3.64. The standard InChI is InChI=1S/C5H5.4CH3.ClH.Zr/c1-2-4-5-3-1;;;;;;/h1-5H;4*1H3;1H;/q5*-1;;. The average molecular weight is 253 g/mol. The third-order valence-corrected chi connectivity index (χ3v) is 0.556. The fraction of sp³-hybridized carbons (Fsp3) is 0. The molecule has 0 saturated heterocycles. The van der Waals surface area contributed by atoms with Gasteiger partial charge < -0.3 is 29.7 Å². The molecule has 0 atom stereocenters. The SMILES string of the molecule is Cl.[CH3-].[CH3-].[CH3-].[CH3-].[Zr].c1cc[cH-]c1. The zero-order valence-electron chi connectivity index (χ0n) is 7.79. The monoisotopic (exact) mass is 251 g/mol. The quantitative estimate of drug-likeness (QED) is 0.619. The van der Waals surface area contributed by atoms with Crippen molar-refractivity contribution in [1.29, 1.82) is 0 Å². The van der Waals surface area contributed by atoms with Gasteiger partial charge >= 0.3 is 0 Å². The van der Waals surface area contributed by atoms with E-state index in [0.29, 0.717) is 0 Å². The van der Waals surface area contributed by atoms with Crippen molar-refractivity contribution >= 4 is 12.4 Å². The Morgan fingerprint density at radius 1 is 0.727 bits per heavy atom. The minimum absolute atomic E-state index is 0. The molecular formula is C9H18ClZr-5. The second-order valence-electron chi connectivity index (χ2n) is 0.962. The van der Waals surface area contributed by atoms with Gasteiger partial charge in [0.25, 0.3) is 0 Å². The molecule has 1 aromatic carbocycles. The van der Waals surface area contributed by atoms with Gasteiger partial charge in [-0.1, -0.05) is 0 Å². The Labute approximate surface area is 98.3 Å². The zero-order valence-corrected chi connectivity index (χ0v) is 11.1. The van der Waals surface area contributed by atoms with Crippen LogP contribution in [-0.2, 0) is 26.2 Å². The van der Waals surface area contributed by atoms with E-state index >= 15 is 0 Å². The van der Waals surface area contributed by atoms with Gasteiger partial charge in [-0.15, -0.1) is 12.4 Å². The summed E-state index contributed by atoms with van der Waals surface area (Å²) in [6.45, 7) is 0. The first-order chi connectivity index (χ1) is 2.50. The van der Waals surface area contributed by atoms with Crippen molar-refractivity contribution in [2.75, 3.05) is 0 Å². The molecule has 0 N–H and O–H groups in total. The Bertz CT molecular complexity index is 66.0. The first kappa shape index (κ1) is 41.8. The van der Waals surface area contributed by atoms with Crippen molar-refractivity contribution < 1.29 is 26.2 Å². The van der Waals surface area contributed by atoms with E-state index in [2.05, 4.69) is 0 Å². The van der Waals surface area contributed by atoms with Gasteiger partial charge in [0.15, 0.2) is 0 Å². The van der Waals surface area contributed by atoms with Gasteiger partial charge in [-0.05, 0) is 0 Å². The Morgan fingerprint density at radius 2 is 1.00 bits per heavy atom. The smallest absolute Gasteiger partial charge is 0 e. The molecule has 1 rings (SSSR count). The van der Waals surface area contributed by atoms with Crippen molar-refractivity contribution in [3.8, 4) is 0 Å². The minimum Gasteiger partial charge on any atom is -0.358 e. The van der Waals surface area contributed by atoms with Crippen LogP contribution in [0.25, 0.3) is 0 Å². The number of rotatable bonds is 0. The molecular weight excluding hydrogens is 235 g/mol. The average Bonchev–Trinajstić information content (AvgIpc) is 1.76. The van der Waals surface area contributed by atoms with Crippen LogP contribution in [0.5, 0.6) is 0 Å². The maximum absolute atomic E-state index is 2.00. The molecule has 0 fully saturated rings. The molecule has 1 aromatic rings. The van der Waals surface area contributed by atoms with E-state index in [4.69, 9.17) is 0 Å². The van der Waals surface area contributed by atoms with Gasteiger partial charge in [-0.3, -0.25) is 0 Å². The third kappa shape index (κ3) is 25.1. The molecule has 0 bridgehead atoms. The third-order valence-electron chi connectivity index (χ3n) is 0.556. The van der Waals surface area contributed by atoms with E-state index in [-0.39, 0.29) is 68.3 Å². The van der Waals surface area contributed by atoms with Gasteiger partial charge in [0, 0.05) is 26.2 Å². The summed E-state index contributed by atoms with van der Waals surface area (Å²) < 4.78 is 0. The van der Waals surface area contributed by atoms with Crippen molar-refractivity contribution in [2.24, 2.45) is 0 Å². The minimum atomic E-state index is 0. The summed E-state index contributed by atoms with van der Waals surface area (Å²) in [6.07, 6.45) is 0. The number of hydrogen-bond acceptors (Lipinski definition) is 0. The van der Waals surface area contributed by atoms with Crippen LogP contribution in [0.1, 0.15) is 0 Å². The van der Waals surface area contributed by atoms with E-state index < -0.39 is 0 Å². The zero-order chi connectivity index (χ0) is 3.54. The summed E-state index contributed by atoms with van der Waals surface area (Å²) in [4.78, 5) is 0. The maximum Gasteiger partial charge on any atom is 0 e. The predicted molar refractivity (Wildman–Crippen MR) is 54.9 cm³/mol. The largest absolute Gasteiger partial charge is 0.358 e. The molecule has 2 heteroatoms. The molecule has 0 aromatic heterocycles. The molecule has 0 aliphatic carbocycles. The summed E-state index contributed by atoms with van der Waals surface area (Å²) in [5, 5.41) is 0. The van der Waals surface area contributed by atoms with Crippen LogP contribution in [0.3, 0.4) is 0 Å². The van der Waals surface area contributed by atoms with Crippen LogP contribution in [-0.4, -0.2) is 0 Å². The number of hydrogen-bond donors (Lipinski definition) is 0. The molecule has 0 amide bonds. The van der Waals surface area contributed by atoms with Crippen molar-refractivity contribution in [3.63, 3.8) is 0 Å². The molecule has 0 aliphatic rings. The molecule has 11 heavy (non-hydrogen) atoms. The summed E-state index contributed by atoms with van der Waals surface area (Å²) >= 11 is 0. The van der Waals surface area contributed by atoms with Gasteiger partial charge in [0.05, 0.1) is 0 Å². The predicted octanol–water partition coefficient (Wildman–Crippen LogP) is 3.63. The summed E-state index contributed by atoms with van der Waals surface area (Å²) in [5.41, 5.74) is 0. The molecule has 0 heterocycles. The number of halogens is 1. The van der Waals surface area contributed by atoms with E-state index in [9.17, 15) is 0 Å². The van der Waals surface area contributed by atoms with E-state index in [0.717, 1.165) is 0 Å². The Morgan fingerprint density at radius 3 is 1.09 bits per heavy atom. The van der Waals surface area contributed by atoms with E-state index in [1.165, 1.54) is 0 Å². The fourth-order valence-corrected chi connectivity index (χ4v) is 0.321. The maximum atomic E-state index is 2.00. The summed E-state index contributed by atoms with van der Waals surface area (Å²) in [5.74, 6) is 0. The van der Waals surface area contributed by atoms with Gasteiger partial charge in [0.1, 0.15) is 0 Å². The van der Waals surface area contributed by atoms with Crippen LogP contribution in [0.2, 0.25) is 0 Å². The van der Waals surface area contributed by atoms with Gasteiger partial charge in [0.2, 0.25) is 0 Å². The Balaban J connectivity index is -0.0000000104. The molecule has 0 aliphatic heterocycles. The second-order valence-corrected chi connectivity index (χ2v) is 0.962. The van der Waals surface area contributed by atoms with Crippen LogP contribution in [0.15, 0.2) is 30.3 Å². The molecule has 0 radical (unpaired) electrons. The van der Waals surface area contributed by atoms with E-state index in [1.54, 1.807) is 0 Å². The Hall–Kier alpha value is 0.523. The van der Waals surface area contributed by atoms with Gasteiger partial charge in [-0.25, -0.2) is 12.1 Å². The van der Waals surface area contributed by atoms with Crippen LogP contribution in [0, 0.1) is 29.7 Å². The molecule has 0 nitrogen and oxygen atoms in total. The van der Waals surface area contributed by atoms with Crippen LogP contribution >= 0.6 is 12.4 Å². The first-order valence-corrected chi connectivity index (χ1v) is 1.67.